The zero-order chi connectivity index (χ0) is 20.8. The summed E-state index contributed by atoms with van der Waals surface area (Å²) in [6.07, 6.45) is 1.79. The van der Waals surface area contributed by atoms with Crippen LogP contribution in [0.25, 0.3) is 11.3 Å². The van der Waals surface area contributed by atoms with Crippen LogP contribution in [0, 0.1) is 0 Å². The van der Waals surface area contributed by atoms with Crippen molar-refractivity contribution in [2.75, 3.05) is 13.4 Å². The van der Waals surface area contributed by atoms with Gasteiger partial charge in [-0.2, -0.15) is 0 Å². The molecule has 1 aromatic heterocycles. The maximum Gasteiger partial charge on any atom is 0.246 e. The van der Waals surface area contributed by atoms with Crippen molar-refractivity contribution in [2.24, 2.45) is 0 Å². The zero-order valence-electron chi connectivity index (χ0n) is 16.8. The summed E-state index contributed by atoms with van der Waals surface area (Å²) in [7, 11) is 0. The second-order valence-electron chi connectivity index (χ2n) is 7.24. The lowest BCUT2D eigenvalue weighted by atomic mass is 10.1. The van der Waals surface area contributed by atoms with Crippen LogP contribution in [0.4, 0.5) is 0 Å². The number of carbonyl (C=O) groups excluding carboxylic acids is 1. The summed E-state index contributed by atoms with van der Waals surface area (Å²) in [6, 6.07) is 17.6. The summed E-state index contributed by atoms with van der Waals surface area (Å²) in [5.74, 6) is 1.85. The number of carbonyl (C=O) groups is 1. The molecule has 4 rings (SSSR count). The van der Waals surface area contributed by atoms with Crippen molar-refractivity contribution in [1.29, 1.82) is 0 Å². The van der Waals surface area contributed by atoms with E-state index in [0.29, 0.717) is 23.0 Å². The van der Waals surface area contributed by atoms with Gasteiger partial charge >= 0.3 is 0 Å². The van der Waals surface area contributed by atoms with Gasteiger partial charge in [0.15, 0.2) is 17.3 Å². The van der Waals surface area contributed by atoms with Gasteiger partial charge < -0.3 is 24.1 Å². The number of ether oxygens (including phenoxy) is 3. The molecule has 30 heavy (non-hydrogen) atoms. The molecule has 0 saturated carbocycles. The Morgan fingerprint density at radius 3 is 2.83 bits per heavy atom. The molecular weight excluding hydrogens is 384 g/mol. The van der Waals surface area contributed by atoms with Crippen molar-refractivity contribution >= 4 is 5.91 Å². The van der Waals surface area contributed by atoms with Gasteiger partial charge in [0.2, 0.25) is 12.7 Å². The summed E-state index contributed by atoms with van der Waals surface area (Å²) in [5, 5.41) is 6.96. The molecule has 2 aromatic carbocycles. The number of nitrogens with one attached hydrogen (secondary N) is 1. The quantitative estimate of drug-likeness (QED) is 0.581. The third kappa shape index (κ3) is 5.18. The number of aromatic nitrogens is 1. The lowest BCUT2D eigenvalue weighted by molar-refractivity contribution is -0.126. The van der Waals surface area contributed by atoms with Crippen LogP contribution < -0.4 is 14.8 Å². The number of aryl methyl sites for hydroxylation is 1. The Labute approximate surface area is 174 Å². The smallest absolute Gasteiger partial charge is 0.246 e. The highest BCUT2D eigenvalue weighted by atomic mass is 16.7. The molecule has 0 saturated heterocycles. The van der Waals surface area contributed by atoms with Gasteiger partial charge in [0.25, 0.3) is 0 Å². The van der Waals surface area contributed by atoms with Gasteiger partial charge in [0, 0.05) is 17.7 Å². The van der Waals surface area contributed by atoms with Crippen molar-refractivity contribution in [3.63, 3.8) is 0 Å². The van der Waals surface area contributed by atoms with Crippen LogP contribution >= 0.6 is 0 Å². The van der Waals surface area contributed by atoms with Crippen molar-refractivity contribution < 1.29 is 23.5 Å². The predicted molar refractivity (Wildman–Crippen MR) is 110 cm³/mol. The van der Waals surface area contributed by atoms with E-state index in [9.17, 15) is 4.79 Å². The van der Waals surface area contributed by atoms with Gasteiger partial charge in [-0.1, -0.05) is 35.5 Å². The molecule has 0 radical (unpaired) electrons. The molecule has 1 aliphatic heterocycles. The summed E-state index contributed by atoms with van der Waals surface area (Å²) in [6.45, 7) is 2.39. The first-order valence-corrected chi connectivity index (χ1v) is 9.94. The van der Waals surface area contributed by atoms with E-state index < -0.39 is 0 Å². The number of hydrogen-bond donors (Lipinski definition) is 1. The minimum absolute atomic E-state index is 0.0259. The minimum atomic E-state index is -0.143. The van der Waals surface area contributed by atoms with E-state index in [0.717, 1.165) is 18.4 Å². The SMILES string of the molecule is C[C@H](CCc1ccccc1)NC(=O)COCc1cc(-c2ccc3c(c2)OCO3)on1. The van der Waals surface area contributed by atoms with Gasteiger partial charge in [-0.15, -0.1) is 0 Å². The predicted octanol–water partition coefficient (Wildman–Crippen LogP) is 3.72. The third-order valence-corrected chi connectivity index (χ3v) is 4.82. The van der Waals surface area contributed by atoms with Gasteiger partial charge in [-0.25, -0.2) is 0 Å². The summed E-state index contributed by atoms with van der Waals surface area (Å²) >= 11 is 0. The molecule has 0 spiro atoms. The summed E-state index contributed by atoms with van der Waals surface area (Å²) in [5.41, 5.74) is 2.72. The van der Waals surface area contributed by atoms with E-state index in [1.807, 2.05) is 43.3 Å². The van der Waals surface area contributed by atoms with Crippen molar-refractivity contribution in [2.45, 2.75) is 32.4 Å². The largest absolute Gasteiger partial charge is 0.454 e. The lowest BCUT2D eigenvalue weighted by Gasteiger charge is -2.13. The minimum Gasteiger partial charge on any atom is -0.454 e. The van der Waals surface area contributed by atoms with E-state index in [2.05, 4.69) is 22.6 Å². The van der Waals surface area contributed by atoms with Crippen LogP contribution in [0.2, 0.25) is 0 Å². The van der Waals surface area contributed by atoms with Gasteiger partial charge in [-0.3, -0.25) is 4.79 Å². The zero-order valence-corrected chi connectivity index (χ0v) is 16.8. The molecule has 0 aliphatic carbocycles. The van der Waals surface area contributed by atoms with E-state index in [-0.39, 0.29) is 32.0 Å². The Bertz CT molecular complexity index is 986. The molecule has 7 heteroatoms. The summed E-state index contributed by atoms with van der Waals surface area (Å²) < 4.78 is 21.6. The fourth-order valence-electron chi connectivity index (χ4n) is 3.23. The normalized spacial score (nSPS) is 13.2. The number of fused-ring (bicyclic) bond motifs is 1. The highest BCUT2D eigenvalue weighted by molar-refractivity contribution is 5.77. The molecule has 0 bridgehead atoms. The Hall–Kier alpha value is -3.32. The summed E-state index contributed by atoms with van der Waals surface area (Å²) in [4.78, 5) is 12.1. The maximum absolute atomic E-state index is 12.1. The molecule has 1 atom stereocenters. The van der Waals surface area contributed by atoms with Gasteiger partial charge in [0.05, 0.1) is 6.61 Å². The Morgan fingerprint density at radius 2 is 1.97 bits per heavy atom. The van der Waals surface area contributed by atoms with E-state index in [1.165, 1.54) is 5.56 Å². The molecule has 0 unspecified atom stereocenters. The highest BCUT2D eigenvalue weighted by Crippen LogP contribution is 2.36. The molecule has 0 fully saturated rings. The molecule has 1 aliphatic rings. The monoisotopic (exact) mass is 408 g/mol. The van der Waals surface area contributed by atoms with Crippen molar-refractivity contribution in [1.82, 2.24) is 10.5 Å². The first kappa shape index (κ1) is 20.0. The fourth-order valence-corrected chi connectivity index (χ4v) is 3.23. The van der Waals surface area contributed by atoms with Crippen LogP contribution in [0.3, 0.4) is 0 Å². The first-order chi connectivity index (χ1) is 14.7. The molecule has 3 aromatic rings. The van der Waals surface area contributed by atoms with Crippen LogP contribution in [-0.2, 0) is 22.6 Å². The van der Waals surface area contributed by atoms with E-state index in [4.69, 9.17) is 18.7 Å². The van der Waals surface area contributed by atoms with E-state index >= 15 is 0 Å². The number of benzene rings is 2. The maximum atomic E-state index is 12.1. The topological polar surface area (TPSA) is 82.8 Å². The average molecular weight is 408 g/mol. The van der Waals surface area contributed by atoms with Gasteiger partial charge in [-0.05, 0) is 43.5 Å². The number of nitrogens with zero attached hydrogens (tertiary/aromatic N) is 1. The Kier molecular flexibility index (Phi) is 6.29. The lowest BCUT2D eigenvalue weighted by Crippen LogP contribution is -2.35. The van der Waals surface area contributed by atoms with E-state index in [1.54, 1.807) is 6.07 Å². The molecule has 2 heterocycles. The van der Waals surface area contributed by atoms with Crippen LogP contribution in [0.5, 0.6) is 11.5 Å². The number of amides is 1. The standard InChI is InChI=1S/C23H24N2O5/c1-16(7-8-17-5-3-2-4-6-17)24-23(26)14-27-13-19-12-21(30-25-19)18-9-10-20-22(11-18)29-15-28-20/h2-6,9-12,16H,7-8,13-15H2,1H3,(H,24,26)/t16-/m1/s1. The molecule has 1 N–H and O–H groups in total. The highest BCUT2D eigenvalue weighted by Gasteiger charge is 2.16. The fraction of sp³-hybridized carbons (Fsp3) is 0.304. The third-order valence-electron chi connectivity index (χ3n) is 4.82. The van der Waals surface area contributed by atoms with Crippen molar-refractivity contribution in [3.05, 3.63) is 65.9 Å². The Balaban J connectivity index is 1.19. The second-order valence-corrected chi connectivity index (χ2v) is 7.24. The number of hydrogen-bond acceptors (Lipinski definition) is 6. The Morgan fingerprint density at radius 1 is 1.13 bits per heavy atom. The molecule has 7 nitrogen and oxygen atoms in total. The van der Waals surface area contributed by atoms with Crippen LogP contribution in [0.1, 0.15) is 24.6 Å². The molecule has 1 amide bonds. The van der Waals surface area contributed by atoms with Crippen molar-refractivity contribution in [3.8, 4) is 22.8 Å². The average Bonchev–Trinajstić information content (AvgIpc) is 3.42. The van der Waals surface area contributed by atoms with Crippen LogP contribution in [0.15, 0.2) is 59.1 Å². The second kappa shape index (κ2) is 9.45. The van der Waals surface area contributed by atoms with Crippen LogP contribution in [-0.4, -0.2) is 30.5 Å². The molecule has 156 valence electrons. The molecular formula is C23H24N2O5. The first-order valence-electron chi connectivity index (χ1n) is 9.94. The number of rotatable bonds is 9. The van der Waals surface area contributed by atoms with Gasteiger partial charge in [0.1, 0.15) is 12.3 Å².